The standard InChI is InChI=1S/C28H23NO2/c1-2-31-28(30)27-24-17-8-9-18-29(24)25(19-20-11-4-3-5-12-20)26(27)23-16-10-14-21-13-6-7-15-22(21)23/h3-18H,2,19H2,1H3. The molecule has 3 aromatic carbocycles. The molecule has 0 amide bonds. The Balaban J connectivity index is 1.87. The number of rotatable bonds is 5. The van der Waals surface area contributed by atoms with E-state index in [1.54, 1.807) is 0 Å². The molecule has 2 heterocycles. The number of benzene rings is 3. The molecule has 0 radical (unpaired) electrons. The highest BCUT2D eigenvalue weighted by Gasteiger charge is 2.26. The van der Waals surface area contributed by atoms with Crippen LogP contribution < -0.4 is 0 Å². The molecule has 0 unspecified atom stereocenters. The zero-order valence-electron chi connectivity index (χ0n) is 17.4. The van der Waals surface area contributed by atoms with Crippen molar-refractivity contribution in [2.24, 2.45) is 0 Å². The van der Waals surface area contributed by atoms with Crippen LogP contribution in [0.5, 0.6) is 0 Å². The lowest BCUT2D eigenvalue weighted by molar-refractivity contribution is 0.0529. The van der Waals surface area contributed by atoms with Gasteiger partial charge in [-0.25, -0.2) is 4.79 Å². The Morgan fingerprint density at radius 3 is 2.42 bits per heavy atom. The smallest absolute Gasteiger partial charge is 0.340 e. The van der Waals surface area contributed by atoms with Crippen LogP contribution in [0.4, 0.5) is 0 Å². The van der Waals surface area contributed by atoms with Crippen LogP contribution in [0.2, 0.25) is 0 Å². The molecule has 0 atom stereocenters. The Hall–Kier alpha value is -3.85. The number of fused-ring (bicyclic) bond motifs is 2. The number of hydrogen-bond donors (Lipinski definition) is 0. The summed E-state index contributed by atoms with van der Waals surface area (Å²) in [5.74, 6) is -0.284. The van der Waals surface area contributed by atoms with E-state index in [2.05, 4.69) is 59.0 Å². The number of hydrogen-bond acceptors (Lipinski definition) is 2. The van der Waals surface area contributed by atoms with Gasteiger partial charge in [0.15, 0.2) is 0 Å². The normalized spacial score (nSPS) is 11.1. The van der Waals surface area contributed by atoms with E-state index in [1.807, 2.05) is 49.5 Å². The Kier molecular flexibility index (Phi) is 5.01. The predicted octanol–water partition coefficient (Wildman–Crippen LogP) is 6.53. The van der Waals surface area contributed by atoms with Crippen LogP contribution in [-0.4, -0.2) is 17.0 Å². The maximum atomic E-state index is 13.2. The van der Waals surface area contributed by atoms with E-state index >= 15 is 0 Å². The number of carbonyl (C=O) groups excluding carboxylic acids is 1. The van der Waals surface area contributed by atoms with Gasteiger partial charge in [0.1, 0.15) is 0 Å². The first-order valence-electron chi connectivity index (χ1n) is 10.6. The van der Waals surface area contributed by atoms with Crippen LogP contribution >= 0.6 is 0 Å². The van der Waals surface area contributed by atoms with Gasteiger partial charge in [-0.15, -0.1) is 0 Å². The van der Waals surface area contributed by atoms with E-state index in [4.69, 9.17) is 4.74 Å². The second-order valence-electron chi connectivity index (χ2n) is 7.56. The first-order valence-corrected chi connectivity index (χ1v) is 10.6. The van der Waals surface area contributed by atoms with Gasteiger partial charge in [0, 0.05) is 23.9 Å². The SMILES string of the molecule is CCOC(=O)c1c(-c2cccc3ccccc23)c(Cc2ccccc2)n2ccccc12. The molecule has 5 aromatic rings. The predicted molar refractivity (Wildman–Crippen MR) is 126 cm³/mol. The first kappa shape index (κ1) is 19.1. The summed E-state index contributed by atoms with van der Waals surface area (Å²) >= 11 is 0. The monoisotopic (exact) mass is 405 g/mol. The van der Waals surface area contributed by atoms with Crippen molar-refractivity contribution in [1.82, 2.24) is 4.40 Å². The fourth-order valence-corrected chi connectivity index (χ4v) is 4.38. The minimum atomic E-state index is -0.284. The molecule has 3 heteroatoms. The molecule has 0 aliphatic rings. The van der Waals surface area contributed by atoms with Gasteiger partial charge in [0.25, 0.3) is 0 Å². The van der Waals surface area contributed by atoms with E-state index in [-0.39, 0.29) is 5.97 Å². The number of esters is 1. The number of ether oxygens (including phenoxy) is 1. The summed E-state index contributed by atoms with van der Waals surface area (Å²) in [5.41, 5.74) is 5.78. The van der Waals surface area contributed by atoms with Gasteiger partial charge in [-0.3, -0.25) is 0 Å². The van der Waals surface area contributed by atoms with Crippen LogP contribution in [0.15, 0.2) is 97.2 Å². The molecule has 2 aromatic heterocycles. The maximum Gasteiger partial charge on any atom is 0.340 e. The average molecular weight is 405 g/mol. The van der Waals surface area contributed by atoms with Gasteiger partial charge >= 0.3 is 5.97 Å². The van der Waals surface area contributed by atoms with Gasteiger partial charge in [0.05, 0.1) is 17.7 Å². The van der Waals surface area contributed by atoms with Crippen molar-refractivity contribution in [1.29, 1.82) is 0 Å². The second kappa shape index (κ2) is 8.11. The second-order valence-corrected chi connectivity index (χ2v) is 7.56. The van der Waals surface area contributed by atoms with E-state index in [0.29, 0.717) is 18.6 Å². The molecular weight excluding hydrogens is 382 g/mol. The minimum Gasteiger partial charge on any atom is -0.462 e. The molecule has 0 saturated heterocycles. The molecule has 0 aliphatic heterocycles. The highest BCUT2D eigenvalue weighted by molar-refractivity contribution is 6.10. The summed E-state index contributed by atoms with van der Waals surface area (Å²) < 4.78 is 7.66. The van der Waals surface area contributed by atoms with Crippen LogP contribution in [0.25, 0.3) is 27.4 Å². The Morgan fingerprint density at radius 1 is 0.839 bits per heavy atom. The van der Waals surface area contributed by atoms with Gasteiger partial charge in [-0.1, -0.05) is 78.9 Å². The van der Waals surface area contributed by atoms with Gasteiger partial charge in [-0.2, -0.15) is 0 Å². The molecule has 0 fully saturated rings. The molecule has 3 nitrogen and oxygen atoms in total. The van der Waals surface area contributed by atoms with E-state index in [1.165, 1.54) is 5.56 Å². The highest BCUT2D eigenvalue weighted by atomic mass is 16.5. The van der Waals surface area contributed by atoms with Crippen molar-refractivity contribution in [3.8, 4) is 11.1 Å². The third-order valence-corrected chi connectivity index (χ3v) is 5.70. The number of aromatic nitrogens is 1. The van der Waals surface area contributed by atoms with Crippen LogP contribution in [0.3, 0.4) is 0 Å². The van der Waals surface area contributed by atoms with E-state index in [0.717, 1.165) is 33.1 Å². The lowest BCUT2D eigenvalue weighted by atomic mass is 9.93. The summed E-state index contributed by atoms with van der Waals surface area (Å²) in [6.07, 6.45) is 2.74. The lowest BCUT2D eigenvalue weighted by Crippen LogP contribution is -2.06. The van der Waals surface area contributed by atoms with Crippen molar-refractivity contribution in [3.63, 3.8) is 0 Å². The number of pyridine rings is 1. The minimum absolute atomic E-state index is 0.284. The van der Waals surface area contributed by atoms with Gasteiger partial charge in [-0.05, 0) is 41.0 Å². The summed E-state index contributed by atoms with van der Waals surface area (Å²) in [7, 11) is 0. The molecule has 0 spiro atoms. The summed E-state index contributed by atoms with van der Waals surface area (Å²) in [5, 5.41) is 2.27. The van der Waals surface area contributed by atoms with Crippen molar-refractivity contribution in [2.45, 2.75) is 13.3 Å². The molecule has 31 heavy (non-hydrogen) atoms. The van der Waals surface area contributed by atoms with Crippen molar-refractivity contribution in [2.75, 3.05) is 6.61 Å². The number of nitrogens with zero attached hydrogens (tertiary/aromatic N) is 1. The van der Waals surface area contributed by atoms with E-state index in [9.17, 15) is 4.79 Å². The Bertz CT molecular complexity index is 1380. The largest absolute Gasteiger partial charge is 0.462 e. The Morgan fingerprint density at radius 2 is 1.58 bits per heavy atom. The highest BCUT2D eigenvalue weighted by Crippen LogP contribution is 2.38. The molecule has 5 rings (SSSR count). The summed E-state index contributed by atoms with van der Waals surface area (Å²) in [6, 6.07) is 30.9. The fourth-order valence-electron chi connectivity index (χ4n) is 4.38. The molecule has 0 aliphatic carbocycles. The zero-order chi connectivity index (χ0) is 21.2. The number of carbonyl (C=O) groups is 1. The van der Waals surface area contributed by atoms with Crippen LogP contribution in [0.1, 0.15) is 28.5 Å². The fraction of sp³-hybridized carbons (Fsp3) is 0.107. The van der Waals surface area contributed by atoms with Crippen molar-refractivity contribution >= 4 is 22.3 Å². The van der Waals surface area contributed by atoms with Crippen LogP contribution in [-0.2, 0) is 11.2 Å². The van der Waals surface area contributed by atoms with Crippen molar-refractivity contribution < 1.29 is 9.53 Å². The molecular formula is C28H23NO2. The third kappa shape index (κ3) is 3.38. The maximum absolute atomic E-state index is 13.2. The molecule has 0 bridgehead atoms. The molecule has 0 N–H and O–H groups in total. The Labute approximate surface area is 181 Å². The molecule has 152 valence electrons. The average Bonchev–Trinajstić information content (AvgIpc) is 3.13. The lowest BCUT2D eigenvalue weighted by Gasteiger charge is -2.12. The summed E-state index contributed by atoms with van der Waals surface area (Å²) in [6.45, 7) is 2.19. The first-order chi connectivity index (χ1) is 15.3. The molecule has 0 saturated carbocycles. The van der Waals surface area contributed by atoms with Crippen molar-refractivity contribution in [3.05, 3.63) is 114 Å². The van der Waals surface area contributed by atoms with E-state index < -0.39 is 0 Å². The third-order valence-electron chi connectivity index (χ3n) is 5.70. The zero-order valence-corrected chi connectivity index (χ0v) is 17.4. The quantitative estimate of drug-likeness (QED) is 0.311. The topological polar surface area (TPSA) is 30.7 Å². The van der Waals surface area contributed by atoms with Crippen LogP contribution in [0, 0.1) is 0 Å². The summed E-state index contributed by atoms with van der Waals surface area (Å²) in [4.78, 5) is 13.2. The van der Waals surface area contributed by atoms with Gasteiger partial charge < -0.3 is 9.14 Å². The van der Waals surface area contributed by atoms with Gasteiger partial charge in [0.2, 0.25) is 0 Å².